The number of nitrogens with one attached hydrogen (secondary N) is 1. The molecule has 1 aliphatic heterocycles. The third-order valence-electron chi connectivity index (χ3n) is 4.00. The molecule has 2 aromatic heterocycles. The Morgan fingerprint density at radius 1 is 1.30 bits per heavy atom. The Hall–Kier alpha value is -2.35. The number of rotatable bonds is 3. The lowest BCUT2D eigenvalue weighted by Gasteiger charge is -2.32. The highest BCUT2D eigenvalue weighted by Crippen LogP contribution is 2.39. The van der Waals surface area contributed by atoms with Gasteiger partial charge in [0.2, 0.25) is 0 Å². The Balaban J connectivity index is 1.95. The van der Waals surface area contributed by atoms with Crippen molar-refractivity contribution in [1.29, 1.82) is 0 Å². The molecule has 3 rings (SSSR count). The third kappa shape index (κ3) is 4.16. The average Bonchev–Trinajstić information content (AvgIpc) is 3.15. The molecule has 144 valence electrons. The van der Waals surface area contributed by atoms with E-state index in [-0.39, 0.29) is 6.61 Å². The van der Waals surface area contributed by atoms with E-state index in [2.05, 4.69) is 15.0 Å². The molecule has 1 saturated heterocycles. The number of amides is 1. The first-order valence-corrected chi connectivity index (χ1v) is 8.85. The number of carbonyl (C=O) groups excluding carboxylic acids is 2. The Labute approximate surface area is 162 Å². The third-order valence-corrected chi connectivity index (χ3v) is 4.29. The van der Waals surface area contributed by atoms with Crippen LogP contribution in [-0.4, -0.2) is 50.2 Å². The van der Waals surface area contributed by atoms with Gasteiger partial charge in [0.05, 0.1) is 17.6 Å². The lowest BCUT2D eigenvalue weighted by atomic mass is 10.1. The van der Waals surface area contributed by atoms with Crippen LogP contribution in [0.25, 0.3) is 11.0 Å². The number of ether oxygens (including phenoxy) is 2. The average molecular weight is 393 g/mol. The van der Waals surface area contributed by atoms with Crippen molar-refractivity contribution in [3.63, 3.8) is 0 Å². The summed E-state index contributed by atoms with van der Waals surface area (Å²) in [5.41, 5.74) is 1.30. The highest BCUT2D eigenvalue weighted by molar-refractivity contribution is 6.33. The van der Waals surface area contributed by atoms with Crippen LogP contribution in [0.15, 0.2) is 12.5 Å². The smallest absolute Gasteiger partial charge is 0.411 e. The van der Waals surface area contributed by atoms with Gasteiger partial charge in [-0.05, 0) is 33.6 Å². The lowest BCUT2D eigenvalue weighted by molar-refractivity contribution is -0.142. The van der Waals surface area contributed by atoms with E-state index in [0.717, 1.165) is 5.56 Å². The number of fused-ring (bicyclic) bond motifs is 1. The molecule has 1 amide bonds. The van der Waals surface area contributed by atoms with Crippen LogP contribution in [0.1, 0.15) is 39.3 Å². The summed E-state index contributed by atoms with van der Waals surface area (Å²) >= 11 is 6.11. The Morgan fingerprint density at radius 3 is 2.70 bits per heavy atom. The zero-order valence-corrected chi connectivity index (χ0v) is 16.3. The fourth-order valence-electron chi connectivity index (χ4n) is 2.94. The minimum atomic E-state index is -0.665. The van der Waals surface area contributed by atoms with Gasteiger partial charge in [0.15, 0.2) is 5.15 Å². The monoisotopic (exact) mass is 392 g/mol. The van der Waals surface area contributed by atoms with Crippen LogP contribution in [0.5, 0.6) is 0 Å². The molecule has 2 radical (unpaired) electrons. The van der Waals surface area contributed by atoms with Gasteiger partial charge in [-0.25, -0.2) is 14.8 Å². The van der Waals surface area contributed by atoms with Gasteiger partial charge >= 0.3 is 12.1 Å². The molecule has 0 aliphatic carbocycles. The van der Waals surface area contributed by atoms with E-state index in [0.29, 0.717) is 16.2 Å². The zero-order chi connectivity index (χ0) is 19.8. The maximum Gasteiger partial charge on any atom is 0.411 e. The van der Waals surface area contributed by atoms with Crippen molar-refractivity contribution in [3.8, 4) is 0 Å². The van der Waals surface area contributed by atoms with Crippen molar-refractivity contribution < 1.29 is 19.1 Å². The van der Waals surface area contributed by atoms with Gasteiger partial charge in [0, 0.05) is 18.7 Å². The highest BCUT2D eigenvalue weighted by Gasteiger charge is 2.42. The van der Waals surface area contributed by atoms with Crippen molar-refractivity contribution in [2.45, 2.75) is 45.4 Å². The standard InChI is InChI=1S/C18H21ClN4O4/c1-10(24)26-8-11-5-6-13(23(11)17(25)27-18(2,3)4)12-7-20-15-14(12)21-9-22-16(15)19/h5-7,9,11,13,20H,8H2,1-4H3. The molecule has 2 unspecified atom stereocenters. The van der Waals surface area contributed by atoms with E-state index in [1.807, 2.05) is 12.8 Å². The largest absolute Gasteiger partial charge is 0.464 e. The molecule has 2 aromatic rings. The van der Waals surface area contributed by atoms with Gasteiger partial charge in [0.1, 0.15) is 24.1 Å². The van der Waals surface area contributed by atoms with E-state index >= 15 is 0 Å². The number of esters is 1. The van der Waals surface area contributed by atoms with Gasteiger partial charge in [0.25, 0.3) is 0 Å². The van der Waals surface area contributed by atoms with Crippen LogP contribution in [-0.2, 0) is 14.3 Å². The lowest BCUT2D eigenvalue weighted by Crippen LogP contribution is -2.43. The van der Waals surface area contributed by atoms with Gasteiger partial charge in [-0.2, -0.15) is 0 Å². The summed E-state index contributed by atoms with van der Waals surface area (Å²) in [6, 6.07) is -0.892. The molecular formula is C18H21ClN4O4. The van der Waals surface area contributed by atoms with Crippen LogP contribution in [0.3, 0.4) is 0 Å². The minimum Gasteiger partial charge on any atom is -0.464 e. The van der Waals surface area contributed by atoms with E-state index in [9.17, 15) is 9.59 Å². The number of aromatic nitrogens is 3. The number of carbonyl (C=O) groups is 2. The predicted octanol–water partition coefficient (Wildman–Crippen LogP) is 3.24. The first kappa shape index (κ1) is 19.4. The molecule has 3 heterocycles. The van der Waals surface area contributed by atoms with E-state index in [4.69, 9.17) is 21.1 Å². The molecular weight excluding hydrogens is 372 g/mol. The second-order valence-electron chi connectivity index (χ2n) is 7.22. The quantitative estimate of drug-likeness (QED) is 0.636. The molecule has 0 spiro atoms. The summed E-state index contributed by atoms with van der Waals surface area (Å²) in [5, 5.41) is 0.300. The fraction of sp³-hybridized carbons (Fsp3) is 0.444. The molecule has 8 nitrogen and oxygen atoms in total. The topological polar surface area (TPSA) is 97.4 Å². The summed E-state index contributed by atoms with van der Waals surface area (Å²) in [6.45, 7) is 6.75. The van der Waals surface area contributed by atoms with E-state index in [1.54, 1.807) is 27.0 Å². The highest BCUT2D eigenvalue weighted by atomic mass is 35.5. The summed E-state index contributed by atoms with van der Waals surface area (Å²) in [4.78, 5) is 36.9. The molecule has 1 aliphatic rings. The Bertz CT molecular complexity index is 861. The summed E-state index contributed by atoms with van der Waals surface area (Å²) < 4.78 is 10.7. The zero-order valence-electron chi connectivity index (χ0n) is 15.5. The molecule has 1 fully saturated rings. The van der Waals surface area contributed by atoms with Crippen LogP contribution < -0.4 is 0 Å². The number of hydrogen-bond acceptors (Lipinski definition) is 6. The molecule has 0 aromatic carbocycles. The Kier molecular flexibility index (Phi) is 5.28. The van der Waals surface area contributed by atoms with Gasteiger partial charge in [-0.1, -0.05) is 11.6 Å². The molecule has 1 N–H and O–H groups in total. The van der Waals surface area contributed by atoms with Crippen molar-refractivity contribution in [2.24, 2.45) is 0 Å². The van der Waals surface area contributed by atoms with Crippen LogP contribution in [0, 0.1) is 12.8 Å². The Morgan fingerprint density at radius 2 is 2.04 bits per heavy atom. The fourth-order valence-corrected chi connectivity index (χ4v) is 3.12. The molecule has 9 heteroatoms. The maximum absolute atomic E-state index is 12.9. The summed E-state index contributed by atoms with van der Waals surface area (Å²) in [6.07, 6.45) is 6.28. The van der Waals surface area contributed by atoms with Crippen LogP contribution in [0.2, 0.25) is 5.15 Å². The number of H-pyrrole nitrogens is 1. The SMILES string of the molecule is CC(=O)OCC1[CH][CH]C(c2c[nH]c3c(Cl)ncnc23)N1C(=O)OC(C)(C)C. The number of hydrogen-bond donors (Lipinski definition) is 1. The number of nitrogens with zero attached hydrogens (tertiary/aromatic N) is 3. The van der Waals surface area contributed by atoms with E-state index < -0.39 is 29.7 Å². The number of halogens is 1. The van der Waals surface area contributed by atoms with Crippen molar-refractivity contribution >= 4 is 34.7 Å². The normalized spacial score (nSPS) is 20.1. The summed E-state index contributed by atoms with van der Waals surface area (Å²) in [7, 11) is 0. The van der Waals surface area contributed by atoms with Crippen molar-refractivity contribution in [1.82, 2.24) is 19.9 Å². The predicted molar refractivity (Wildman–Crippen MR) is 98.7 cm³/mol. The van der Waals surface area contributed by atoms with Gasteiger partial charge in [-0.3, -0.25) is 9.69 Å². The molecule has 2 atom stereocenters. The van der Waals surface area contributed by atoms with Crippen LogP contribution >= 0.6 is 11.6 Å². The second-order valence-corrected chi connectivity index (χ2v) is 7.58. The van der Waals surface area contributed by atoms with Crippen molar-refractivity contribution in [2.75, 3.05) is 6.61 Å². The van der Waals surface area contributed by atoms with E-state index in [1.165, 1.54) is 18.2 Å². The van der Waals surface area contributed by atoms with Crippen molar-refractivity contribution in [3.05, 3.63) is 36.1 Å². The van der Waals surface area contributed by atoms with Crippen LogP contribution in [0.4, 0.5) is 4.79 Å². The maximum atomic E-state index is 12.9. The molecule has 0 saturated carbocycles. The van der Waals surface area contributed by atoms with Gasteiger partial charge < -0.3 is 14.5 Å². The first-order valence-electron chi connectivity index (χ1n) is 8.48. The van der Waals surface area contributed by atoms with Gasteiger partial charge in [-0.15, -0.1) is 0 Å². The first-order chi connectivity index (χ1) is 12.7. The number of likely N-dealkylation sites (tertiary alicyclic amines) is 1. The molecule has 0 bridgehead atoms. The summed E-state index contributed by atoms with van der Waals surface area (Å²) in [5.74, 6) is -0.414. The number of aromatic amines is 1. The minimum absolute atomic E-state index is 0.0413. The second kappa shape index (κ2) is 7.34. The molecule has 27 heavy (non-hydrogen) atoms.